The molecule has 1 aromatic carbocycles. The minimum atomic E-state index is 0.653. The zero-order chi connectivity index (χ0) is 16.8. The molecule has 0 saturated carbocycles. The standard InChI is InChI=1S/C20H24N4O/c1-14-4-7-21-20(22-14)23-12-17-11-18(13-23)24(17)8-5-15-2-3-19-16(10-15)6-9-25-19/h2-4,7,10,17-18H,5-6,8-9,11-13H2,1H3. The Bertz CT molecular complexity index is 781. The van der Waals surface area contributed by atoms with Crippen LogP contribution in [0.25, 0.3) is 0 Å². The molecule has 2 atom stereocenters. The van der Waals surface area contributed by atoms with Crippen molar-refractivity contribution < 1.29 is 4.74 Å². The lowest BCUT2D eigenvalue weighted by Gasteiger charge is -2.56. The van der Waals surface area contributed by atoms with E-state index in [4.69, 9.17) is 4.74 Å². The summed E-state index contributed by atoms with van der Waals surface area (Å²) in [6, 6.07) is 9.98. The molecule has 5 heterocycles. The van der Waals surface area contributed by atoms with Crippen LogP contribution in [0.1, 0.15) is 23.2 Å². The van der Waals surface area contributed by atoms with E-state index in [2.05, 4.69) is 38.0 Å². The van der Waals surface area contributed by atoms with Gasteiger partial charge < -0.3 is 9.64 Å². The molecule has 6 rings (SSSR count). The summed E-state index contributed by atoms with van der Waals surface area (Å²) < 4.78 is 5.61. The molecule has 2 bridgehead atoms. The van der Waals surface area contributed by atoms with Crippen LogP contribution in [-0.4, -0.2) is 53.2 Å². The van der Waals surface area contributed by atoms with Crippen molar-refractivity contribution in [2.75, 3.05) is 31.1 Å². The molecule has 1 aromatic heterocycles. The zero-order valence-electron chi connectivity index (χ0n) is 14.7. The van der Waals surface area contributed by atoms with E-state index in [0.29, 0.717) is 12.1 Å². The molecule has 2 unspecified atom stereocenters. The third-order valence-corrected chi connectivity index (χ3v) is 5.82. The van der Waals surface area contributed by atoms with Gasteiger partial charge in [-0.25, -0.2) is 9.97 Å². The van der Waals surface area contributed by atoms with Crippen molar-refractivity contribution in [1.82, 2.24) is 14.9 Å². The fraction of sp³-hybridized carbons (Fsp3) is 0.500. The maximum absolute atomic E-state index is 5.61. The Balaban J connectivity index is 1.20. The first kappa shape index (κ1) is 15.1. The van der Waals surface area contributed by atoms with Gasteiger partial charge in [-0.15, -0.1) is 0 Å². The minimum Gasteiger partial charge on any atom is -0.493 e. The summed E-state index contributed by atoms with van der Waals surface area (Å²) in [5.41, 5.74) is 3.86. The number of piperazine rings is 1. The Hall–Kier alpha value is -2.14. The number of rotatable bonds is 4. The minimum absolute atomic E-state index is 0.653. The van der Waals surface area contributed by atoms with E-state index in [1.807, 2.05) is 19.2 Å². The molecule has 5 nitrogen and oxygen atoms in total. The SMILES string of the molecule is Cc1ccnc(N2CC3CC(C2)N3CCc2ccc3c(c2)CCO3)n1. The van der Waals surface area contributed by atoms with Crippen molar-refractivity contribution in [2.24, 2.45) is 0 Å². The van der Waals surface area contributed by atoms with Crippen LogP contribution in [0, 0.1) is 6.92 Å². The maximum Gasteiger partial charge on any atom is 0.225 e. The number of aromatic nitrogens is 2. The summed E-state index contributed by atoms with van der Waals surface area (Å²) in [6.07, 6.45) is 5.37. The summed E-state index contributed by atoms with van der Waals surface area (Å²) >= 11 is 0. The Kier molecular flexibility index (Phi) is 3.63. The predicted octanol–water partition coefficient (Wildman–Crippen LogP) is 2.23. The molecular formula is C20H24N4O. The highest BCUT2D eigenvalue weighted by molar-refractivity contribution is 5.40. The van der Waals surface area contributed by atoms with Crippen LogP contribution < -0.4 is 9.64 Å². The number of ether oxygens (including phenoxy) is 1. The van der Waals surface area contributed by atoms with E-state index in [1.54, 1.807) is 0 Å². The monoisotopic (exact) mass is 336 g/mol. The van der Waals surface area contributed by atoms with Crippen molar-refractivity contribution in [3.63, 3.8) is 0 Å². The number of fused-ring (bicyclic) bond motifs is 3. The summed E-state index contributed by atoms with van der Waals surface area (Å²) in [5.74, 6) is 1.98. The van der Waals surface area contributed by atoms with Gasteiger partial charge in [0, 0.05) is 50.0 Å². The Morgan fingerprint density at radius 3 is 2.92 bits per heavy atom. The fourth-order valence-corrected chi connectivity index (χ4v) is 4.46. The van der Waals surface area contributed by atoms with E-state index < -0.39 is 0 Å². The van der Waals surface area contributed by atoms with Crippen molar-refractivity contribution in [3.8, 4) is 5.75 Å². The molecule has 5 heteroatoms. The molecule has 130 valence electrons. The lowest BCUT2D eigenvalue weighted by atomic mass is 9.87. The van der Waals surface area contributed by atoms with Crippen LogP contribution in [-0.2, 0) is 12.8 Å². The molecule has 4 aliphatic heterocycles. The first-order chi connectivity index (χ1) is 12.3. The smallest absolute Gasteiger partial charge is 0.225 e. The molecule has 0 N–H and O–H groups in total. The summed E-state index contributed by atoms with van der Waals surface area (Å²) in [7, 11) is 0. The van der Waals surface area contributed by atoms with Gasteiger partial charge in [0.15, 0.2) is 0 Å². The molecule has 3 fully saturated rings. The van der Waals surface area contributed by atoms with Gasteiger partial charge in [0.05, 0.1) is 6.61 Å². The molecular weight excluding hydrogens is 312 g/mol. The normalized spacial score (nSPS) is 24.6. The van der Waals surface area contributed by atoms with Gasteiger partial charge in [0.25, 0.3) is 0 Å². The van der Waals surface area contributed by atoms with Crippen molar-refractivity contribution in [3.05, 3.63) is 47.3 Å². The molecule has 25 heavy (non-hydrogen) atoms. The number of benzene rings is 1. The van der Waals surface area contributed by atoms with Crippen LogP contribution in [0.5, 0.6) is 5.75 Å². The zero-order valence-corrected chi connectivity index (χ0v) is 14.7. The number of anilines is 1. The highest BCUT2D eigenvalue weighted by Gasteiger charge is 2.44. The average Bonchev–Trinajstić information content (AvgIpc) is 3.09. The van der Waals surface area contributed by atoms with Gasteiger partial charge in [-0.2, -0.15) is 0 Å². The quantitative estimate of drug-likeness (QED) is 0.856. The molecule has 0 radical (unpaired) electrons. The van der Waals surface area contributed by atoms with Crippen molar-refractivity contribution >= 4 is 5.95 Å². The van der Waals surface area contributed by atoms with Crippen LogP contribution in [0.3, 0.4) is 0 Å². The van der Waals surface area contributed by atoms with Crippen LogP contribution in [0.4, 0.5) is 5.95 Å². The number of hydrogen-bond donors (Lipinski definition) is 0. The molecule has 3 saturated heterocycles. The summed E-state index contributed by atoms with van der Waals surface area (Å²) in [6.45, 7) is 6.13. The summed E-state index contributed by atoms with van der Waals surface area (Å²) in [5, 5.41) is 0. The molecule has 0 amide bonds. The van der Waals surface area contributed by atoms with Crippen molar-refractivity contribution in [2.45, 2.75) is 38.3 Å². The predicted molar refractivity (Wildman–Crippen MR) is 97.2 cm³/mol. The lowest BCUT2D eigenvalue weighted by Crippen LogP contribution is -2.69. The maximum atomic E-state index is 5.61. The van der Waals surface area contributed by atoms with E-state index >= 15 is 0 Å². The molecule has 0 spiro atoms. The second-order valence-electron chi connectivity index (χ2n) is 7.47. The van der Waals surface area contributed by atoms with Gasteiger partial charge in [0.1, 0.15) is 5.75 Å². The fourth-order valence-electron chi connectivity index (χ4n) is 4.46. The Morgan fingerprint density at radius 1 is 1.20 bits per heavy atom. The lowest BCUT2D eigenvalue weighted by molar-refractivity contribution is 0.0000245. The largest absolute Gasteiger partial charge is 0.493 e. The van der Waals surface area contributed by atoms with E-state index in [1.165, 1.54) is 17.5 Å². The number of hydrogen-bond acceptors (Lipinski definition) is 5. The Morgan fingerprint density at radius 2 is 2.08 bits per heavy atom. The van der Waals surface area contributed by atoms with Crippen molar-refractivity contribution in [1.29, 1.82) is 0 Å². The average molecular weight is 336 g/mol. The van der Waals surface area contributed by atoms with Crippen LogP contribution in [0.15, 0.2) is 30.5 Å². The number of piperidine rings is 1. The second-order valence-corrected chi connectivity index (χ2v) is 7.47. The number of aryl methyl sites for hydroxylation is 1. The van der Waals surface area contributed by atoms with E-state index in [-0.39, 0.29) is 0 Å². The van der Waals surface area contributed by atoms with E-state index in [9.17, 15) is 0 Å². The highest BCUT2D eigenvalue weighted by atomic mass is 16.5. The van der Waals surface area contributed by atoms with Gasteiger partial charge in [0.2, 0.25) is 5.95 Å². The molecule has 2 aromatic rings. The third kappa shape index (κ3) is 2.76. The van der Waals surface area contributed by atoms with Crippen LogP contribution >= 0.6 is 0 Å². The van der Waals surface area contributed by atoms with Gasteiger partial charge >= 0.3 is 0 Å². The highest BCUT2D eigenvalue weighted by Crippen LogP contribution is 2.34. The summed E-state index contributed by atoms with van der Waals surface area (Å²) in [4.78, 5) is 14.1. The topological polar surface area (TPSA) is 41.5 Å². The Labute approximate surface area is 148 Å². The molecule has 4 aliphatic rings. The van der Waals surface area contributed by atoms with Gasteiger partial charge in [-0.05, 0) is 43.0 Å². The second kappa shape index (κ2) is 5.99. The first-order valence-corrected chi connectivity index (χ1v) is 9.31. The van der Waals surface area contributed by atoms with E-state index in [0.717, 1.165) is 56.5 Å². The first-order valence-electron chi connectivity index (χ1n) is 9.31. The van der Waals surface area contributed by atoms with Gasteiger partial charge in [-0.1, -0.05) is 12.1 Å². The van der Waals surface area contributed by atoms with Crippen LogP contribution in [0.2, 0.25) is 0 Å². The van der Waals surface area contributed by atoms with Gasteiger partial charge in [-0.3, -0.25) is 4.90 Å². The third-order valence-electron chi connectivity index (χ3n) is 5.82. The number of nitrogens with zero attached hydrogens (tertiary/aromatic N) is 4. The molecule has 0 aliphatic carbocycles.